The molecule has 1 N–H and O–H groups in total. The van der Waals surface area contributed by atoms with E-state index in [1.807, 2.05) is 36.4 Å². The summed E-state index contributed by atoms with van der Waals surface area (Å²) in [5, 5.41) is 13.6. The van der Waals surface area contributed by atoms with Gasteiger partial charge in [-0.05, 0) is 44.2 Å². The minimum Gasteiger partial charge on any atom is -0.497 e. The first-order chi connectivity index (χ1) is 15.1. The number of aryl methyl sites for hydroxylation is 1. The lowest BCUT2D eigenvalue weighted by Gasteiger charge is -2.08. The molecular formula is C23H25N5O2S. The summed E-state index contributed by atoms with van der Waals surface area (Å²) >= 11 is 1.39. The summed E-state index contributed by atoms with van der Waals surface area (Å²) < 4.78 is 9.42. The van der Waals surface area contributed by atoms with Crippen molar-refractivity contribution in [2.75, 3.05) is 18.2 Å². The fraction of sp³-hybridized carbons (Fsp3) is 0.261. The number of hydrogen-bond donors (Lipinski definition) is 1. The van der Waals surface area contributed by atoms with Gasteiger partial charge in [0.2, 0.25) is 5.91 Å². The summed E-state index contributed by atoms with van der Waals surface area (Å²) in [6.07, 6.45) is 2.13. The van der Waals surface area contributed by atoms with Gasteiger partial charge < -0.3 is 19.2 Å². The Morgan fingerprint density at radius 3 is 2.55 bits per heavy atom. The minimum atomic E-state index is -0.0926. The van der Waals surface area contributed by atoms with Crippen molar-refractivity contribution in [3.8, 4) is 17.1 Å². The van der Waals surface area contributed by atoms with Gasteiger partial charge in [-0.3, -0.25) is 4.79 Å². The Bertz CT molecular complexity index is 1200. The van der Waals surface area contributed by atoms with Crippen molar-refractivity contribution >= 4 is 34.3 Å². The summed E-state index contributed by atoms with van der Waals surface area (Å²) in [6.45, 7) is 5.79. The van der Waals surface area contributed by atoms with Crippen molar-refractivity contribution in [2.24, 2.45) is 0 Å². The van der Waals surface area contributed by atoms with Gasteiger partial charge in [0.15, 0.2) is 11.0 Å². The van der Waals surface area contributed by atoms with E-state index >= 15 is 0 Å². The Morgan fingerprint density at radius 1 is 1.06 bits per heavy atom. The fourth-order valence-corrected chi connectivity index (χ4v) is 4.37. The van der Waals surface area contributed by atoms with Crippen LogP contribution in [0.15, 0.2) is 59.9 Å². The molecular weight excluding hydrogens is 410 g/mol. The van der Waals surface area contributed by atoms with E-state index in [4.69, 9.17) is 4.74 Å². The van der Waals surface area contributed by atoms with E-state index in [1.54, 1.807) is 7.11 Å². The second-order valence-electron chi connectivity index (χ2n) is 6.96. The van der Waals surface area contributed by atoms with Crippen molar-refractivity contribution < 1.29 is 9.53 Å². The molecule has 4 aromatic rings. The normalized spacial score (nSPS) is 11.1. The van der Waals surface area contributed by atoms with Gasteiger partial charge in [-0.15, -0.1) is 10.2 Å². The second kappa shape index (κ2) is 9.26. The number of benzene rings is 2. The number of ether oxygens (including phenoxy) is 1. The topological polar surface area (TPSA) is 74.0 Å². The molecule has 31 heavy (non-hydrogen) atoms. The highest BCUT2D eigenvalue weighted by Crippen LogP contribution is 2.31. The summed E-state index contributed by atoms with van der Waals surface area (Å²) in [7, 11) is 1.61. The Balaban J connectivity index is 1.52. The number of carbonyl (C=O) groups excluding carboxylic acids is 1. The molecule has 2 aromatic heterocycles. The van der Waals surface area contributed by atoms with Crippen molar-refractivity contribution in [2.45, 2.75) is 32.1 Å². The number of para-hydroxylation sites is 1. The van der Waals surface area contributed by atoms with Crippen molar-refractivity contribution in [3.63, 3.8) is 0 Å². The maximum absolute atomic E-state index is 12.4. The first kappa shape index (κ1) is 21.0. The molecule has 0 spiro atoms. The van der Waals surface area contributed by atoms with Crippen LogP contribution in [0.5, 0.6) is 5.75 Å². The summed E-state index contributed by atoms with van der Waals surface area (Å²) in [4.78, 5) is 12.4. The largest absolute Gasteiger partial charge is 0.497 e. The zero-order valence-electron chi connectivity index (χ0n) is 17.8. The Labute approximate surface area is 185 Å². The number of carbonyl (C=O) groups is 1. The number of amides is 1. The van der Waals surface area contributed by atoms with E-state index < -0.39 is 0 Å². The number of nitrogens with one attached hydrogen (secondary N) is 1. The number of anilines is 1. The molecule has 0 bridgehead atoms. The van der Waals surface area contributed by atoms with Gasteiger partial charge in [0.1, 0.15) is 5.75 Å². The number of rotatable bonds is 8. The van der Waals surface area contributed by atoms with Gasteiger partial charge >= 0.3 is 0 Å². The molecule has 0 saturated heterocycles. The second-order valence-corrected chi connectivity index (χ2v) is 7.90. The van der Waals surface area contributed by atoms with Crippen LogP contribution in [0, 0.1) is 0 Å². The molecule has 0 radical (unpaired) electrons. The number of nitrogens with zero attached hydrogens (tertiary/aromatic N) is 4. The third-order valence-electron chi connectivity index (χ3n) is 5.11. The molecule has 0 fully saturated rings. The van der Waals surface area contributed by atoms with Crippen LogP contribution in [0.2, 0.25) is 0 Å². The minimum absolute atomic E-state index is 0.0926. The molecule has 4 rings (SSSR count). The zero-order valence-corrected chi connectivity index (χ0v) is 18.6. The quantitative estimate of drug-likeness (QED) is 0.407. The molecule has 0 saturated carbocycles. The van der Waals surface area contributed by atoms with Crippen LogP contribution >= 0.6 is 11.8 Å². The van der Waals surface area contributed by atoms with Gasteiger partial charge in [0, 0.05) is 41.4 Å². The molecule has 0 aliphatic rings. The molecule has 2 heterocycles. The van der Waals surface area contributed by atoms with Crippen LogP contribution in [0.3, 0.4) is 0 Å². The average Bonchev–Trinajstić information content (AvgIpc) is 3.38. The summed E-state index contributed by atoms with van der Waals surface area (Å²) in [6, 6.07) is 15.6. The van der Waals surface area contributed by atoms with E-state index in [0.29, 0.717) is 0 Å². The van der Waals surface area contributed by atoms with E-state index in [1.165, 1.54) is 17.3 Å². The van der Waals surface area contributed by atoms with E-state index in [0.717, 1.165) is 46.5 Å². The molecule has 7 nitrogen and oxygen atoms in total. The lowest BCUT2D eigenvalue weighted by molar-refractivity contribution is -0.113. The van der Waals surface area contributed by atoms with E-state index in [-0.39, 0.29) is 11.7 Å². The SMILES string of the molecule is CCn1c(SCC(=O)Nc2ccc(OC)cc2)nnc1-c1cn(CC)c2ccccc12. The maximum atomic E-state index is 12.4. The molecule has 0 atom stereocenters. The van der Waals surface area contributed by atoms with Crippen LogP contribution in [0.4, 0.5) is 5.69 Å². The Hall–Kier alpha value is -3.26. The van der Waals surface area contributed by atoms with Crippen LogP contribution in [0.1, 0.15) is 13.8 Å². The number of fused-ring (bicyclic) bond motifs is 1. The Morgan fingerprint density at radius 2 is 1.84 bits per heavy atom. The molecule has 1 amide bonds. The first-order valence-electron chi connectivity index (χ1n) is 10.2. The number of hydrogen-bond acceptors (Lipinski definition) is 5. The van der Waals surface area contributed by atoms with Crippen LogP contribution in [0.25, 0.3) is 22.3 Å². The summed E-state index contributed by atoms with van der Waals surface area (Å²) in [5.41, 5.74) is 2.97. The molecule has 0 unspecified atom stereocenters. The zero-order chi connectivity index (χ0) is 21.8. The molecule has 0 aliphatic heterocycles. The Kier molecular flexibility index (Phi) is 6.27. The maximum Gasteiger partial charge on any atom is 0.234 e. The van der Waals surface area contributed by atoms with Crippen LogP contribution in [-0.2, 0) is 17.9 Å². The van der Waals surface area contributed by atoms with Gasteiger partial charge in [0.25, 0.3) is 0 Å². The molecule has 2 aromatic carbocycles. The molecule has 0 aliphatic carbocycles. The average molecular weight is 436 g/mol. The molecule has 160 valence electrons. The van der Waals surface area contributed by atoms with Gasteiger partial charge in [-0.1, -0.05) is 30.0 Å². The van der Waals surface area contributed by atoms with E-state index in [9.17, 15) is 4.79 Å². The highest BCUT2D eigenvalue weighted by molar-refractivity contribution is 7.99. The standard InChI is InChI=1S/C23H25N5O2S/c1-4-27-14-19(18-8-6-7-9-20(18)27)22-25-26-23(28(22)5-2)31-15-21(29)24-16-10-12-17(30-3)13-11-16/h6-14H,4-5,15H2,1-3H3,(H,24,29). The predicted octanol–water partition coefficient (Wildman–Crippen LogP) is 4.68. The highest BCUT2D eigenvalue weighted by Gasteiger charge is 2.18. The number of thioether (sulfide) groups is 1. The highest BCUT2D eigenvalue weighted by atomic mass is 32.2. The van der Waals surface area contributed by atoms with Crippen molar-refractivity contribution in [1.82, 2.24) is 19.3 Å². The van der Waals surface area contributed by atoms with E-state index in [2.05, 4.69) is 56.8 Å². The van der Waals surface area contributed by atoms with Crippen LogP contribution in [-0.4, -0.2) is 38.1 Å². The van der Waals surface area contributed by atoms with Crippen LogP contribution < -0.4 is 10.1 Å². The number of aromatic nitrogens is 4. The fourth-order valence-electron chi connectivity index (χ4n) is 3.57. The van der Waals surface area contributed by atoms with Gasteiger partial charge in [-0.2, -0.15) is 0 Å². The van der Waals surface area contributed by atoms with Gasteiger partial charge in [-0.25, -0.2) is 0 Å². The predicted molar refractivity (Wildman–Crippen MR) is 125 cm³/mol. The third-order valence-corrected chi connectivity index (χ3v) is 6.08. The van der Waals surface area contributed by atoms with Gasteiger partial charge in [0.05, 0.1) is 12.9 Å². The molecule has 8 heteroatoms. The number of methoxy groups -OCH3 is 1. The lowest BCUT2D eigenvalue weighted by atomic mass is 10.1. The van der Waals surface area contributed by atoms with Crippen molar-refractivity contribution in [3.05, 3.63) is 54.7 Å². The van der Waals surface area contributed by atoms with Crippen molar-refractivity contribution in [1.29, 1.82) is 0 Å². The summed E-state index contributed by atoms with van der Waals surface area (Å²) in [5.74, 6) is 1.73. The third kappa shape index (κ3) is 4.29. The first-order valence-corrected chi connectivity index (χ1v) is 11.2. The lowest BCUT2D eigenvalue weighted by Crippen LogP contribution is -2.14. The monoisotopic (exact) mass is 435 g/mol. The smallest absolute Gasteiger partial charge is 0.234 e.